The summed E-state index contributed by atoms with van der Waals surface area (Å²) < 4.78 is 0. The second-order valence-electron chi connectivity index (χ2n) is 3.71. The molecule has 2 heterocycles. The molecule has 0 aromatic carbocycles. The molecule has 5 heteroatoms. The van der Waals surface area contributed by atoms with Gasteiger partial charge in [-0.3, -0.25) is 11.3 Å². The normalized spacial score (nSPS) is 12.9. The largest absolute Gasteiger partial charge is 0.271 e. The van der Waals surface area contributed by atoms with Crippen LogP contribution in [0.15, 0.2) is 22.9 Å². The van der Waals surface area contributed by atoms with Crippen LogP contribution in [0.25, 0.3) is 0 Å². The van der Waals surface area contributed by atoms with Crippen LogP contribution in [0, 0.1) is 6.92 Å². The summed E-state index contributed by atoms with van der Waals surface area (Å²) >= 11 is 3.46. The first kappa shape index (κ1) is 11.7. The van der Waals surface area contributed by atoms with E-state index in [-0.39, 0.29) is 6.04 Å². The van der Waals surface area contributed by atoms with Crippen molar-refractivity contribution < 1.29 is 0 Å². The highest BCUT2D eigenvalue weighted by Gasteiger charge is 2.11. The van der Waals surface area contributed by atoms with Gasteiger partial charge in [0.2, 0.25) is 0 Å². The number of hydrogen-bond donors (Lipinski definition) is 2. The van der Waals surface area contributed by atoms with E-state index in [1.54, 1.807) is 22.7 Å². The maximum absolute atomic E-state index is 5.57. The van der Waals surface area contributed by atoms with Gasteiger partial charge in [0.05, 0.1) is 10.7 Å². The quantitative estimate of drug-likeness (QED) is 0.634. The zero-order valence-electron chi connectivity index (χ0n) is 9.14. The van der Waals surface area contributed by atoms with Crippen molar-refractivity contribution in [2.75, 3.05) is 0 Å². The van der Waals surface area contributed by atoms with Crippen LogP contribution in [-0.4, -0.2) is 11.0 Å². The second-order valence-corrected chi connectivity index (χ2v) is 5.80. The third-order valence-corrected chi connectivity index (χ3v) is 4.11. The molecule has 2 aromatic rings. The average molecular weight is 253 g/mol. The Kier molecular flexibility index (Phi) is 4.06. The summed E-state index contributed by atoms with van der Waals surface area (Å²) in [5.74, 6) is 5.57. The molecule has 0 aliphatic heterocycles. The van der Waals surface area contributed by atoms with Crippen molar-refractivity contribution in [2.45, 2.75) is 25.8 Å². The topological polar surface area (TPSA) is 50.9 Å². The van der Waals surface area contributed by atoms with Crippen LogP contribution in [0.1, 0.15) is 15.6 Å². The van der Waals surface area contributed by atoms with E-state index in [0.29, 0.717) is 0 Å². The Hall–Kier alpha value is -0.750. The van der Waals surface area contributed by atoms with E-state index < -0.39 is 0 Å². The Morgan fingerprint density at radius 3 is 2.88 bits per heavy atom. The number of nitrogens with two attached hydrogens (primary N) is 1. The Morgan fingerprint density at radius 2 is 2.31 bits per heavy atom. The molecule has 1 unspecified atom stereocenters. The Balaban J connectivity index is 1.95. The summed E-state index contributed by atoms with van der Waals surface area (Å²) in [6.07, 6.45) is 1.85. The Morgan fingerprint density at radius 1 is 1.44 bits per heavy atom. The minimum Gasteiger partial charge on any atom is -0.271 e. The smallest absolute Gasteiger partial charge is 0.0897 e. The van der Waals surface area contributed by atoms with Crippen molar-refractivity contribution in [1.82, 2.24) is 10.4 Å². The van der Waals surface area contributed by atoms with Gasteiger partial charge in [-0.25, -0.2) is 4.98 Å². The minimum atomic E-state index is 0.264. The number of thiophene rings is 1. The lowest BCUT2D eigenvalue weighted by Gasteiger charge is -2.13. The monoisotopic (exact) mass is 253 g/mol. The molecule has 3 N–H and O–H groups in total. The van der Waals surface area contributed by atoms with Crippen LogP contribution >= 0.6 is 22.7 Å². The van der Waals surface area contributed by atoms with Crippen LogP contribution in [0.3, 0.4) is 0 Å². The van der Waals surface area contributed by atoms with E-state index in [2.05, 4.69) is 33.3 Å². The lowest BCUT2D eigenvalue weighted by molar-refractivity contribution is 0.521. The third-order valence-electron chi connectivity index (χ3n) is 2.39. The second kappa shape index (κ2) is 5.54. The third kappa shape index (κ3) is 3.12. The van der Waals surface area contributed by atoms with Crippen molar-refractivity contribution in [1.29, 1.82) is 0 Å². The van der Waals surface area contributed by atoms with Crippen LogP contribution in [-0.2, 0) is 12.8 Å². The van der Waals surface area contributed by atoms with Crippen LogP contribution in [0.2, 0.25) is 0 Å². The number of aromatic nitrogens is 1. The van der Waals surface area contributed by atoms with Crippen molar-refractivity contribution in [3.8, 4) is 0 Å². The number of thiazole rings is 1. The predicted molar refractivity (Wildman–Crippen MR) is 69.7 cm³/mol. The molecule has 0 saturated heterocycles. The molecule has 1 atom stereocenters. The molecular formula is C11H15N3S2. The molecule has 2 rings (SSSR count). The lowest BCUT2D eigenvalue weighted by Crippen LogP contribution is -2.38. The molecule has 0 radical (unpaired) electrons. The highest BCUT2D eigenvalue weighted by molar-refractivity contribution is 7.10. The van der Waals surface area contributed by atoms with Gasteiger partial charge in [-0.15, -0.1) is 22.7 Å². The molecule has 0 fully saturated rings. The van der Waals surface area contributed by atoms with E-state index in [1.165, 1.54) is 4.88 Å². The van der Waals surface area contributed by atoms with Gasteiger partial charge < -0.3 is 0 Å². The molecule has 2 aromatic heterocycles. The van der Waals surface area contributed by atoms with Gasteiger partial charge in [0.25, 0.3) is 0 Å². The highest BCUT2D eigenvalue weighted by atomic mass is 32.1. The van der Waals surface area contributed by atoms with Gasteiger partial charge in [0.1, 0.15) is 0 Å². The Labute approximate surface area is 103 Å². The summed E-state index contributed by atoms with van der Waals surface area (Å²) in [5, 5.41) is 5.31. The standard InChI is InChI=1S/C11H15N3S2/c1-8-13-10(7-16-8)5-9(14-12)6-11-3-2-4-15-11/h2-4,7,9,14H,5-6,12H2,1H3. The highest BCUT2D eigenvalue weighted by Crippen LogP contribution is 2.15. The average Bonchev–Trinajstić information content (AvgIpc) is 2.89. The first-order chi connectivity index (χ1) is 7.78. The van der Waals surface area contributed by atoms with Gasteiger partial charge in [-0.1, -0.05) is 6.07 Å². The van der Waals surface area contributed by atoms with Gasteiger partial charge >= 0.3 is 0 Å². The molecule has 3 nitrogen and oxygen atoms in total. The fourth-order valence-electron chi connectivity index (χ4n) is 1.62. The van der Waals surface area contributed by atoms with Crippen molar-refractivity contribution in [3.05, 3.63) is 38.5 Å². The molecule has 86 valence electrons. The molecule has 0 aliphatic carbocycles. The number of nitrogens with zero attached hydrogens (tertiary/aromatic N) is 1. The molecule has 0 amide bonds. The zero-order chi connectivity index (χ0) is 11.4. The summed E-state index contributed by atoms with van der Waals surface area (Å²) in [4.78, 5) is 5.81. The van der Waals surface area contributed by atoms with Gasteiger partial charge in [-0.2, -0.15) is 0 Å². The van der Waals surface area contributed by atoms with Crippen LogP contribution in [0.5, 0.6) is 0 Å². The van der Waals surface area contributed by atoms with Gasteiger partial charge in [0, 0.05) is 22.7 Å². The van der Waals surface area contributed by atoms with Gasteiger partial charge in [0.15, 0.2) is 0 Å². The first-order valence-corrected chi connectivity index (χ1v) is 6.93. The number of rotatable bonds is 5. The number of hydrazine groups is 1. The number of aryl methyl sites for hydroxylation is 1. The fourth-order valence-corrected chi connectivity index (χ4v) is 3.03. The van der Waals surface area contributed by atoms with E-state index in [4.69, 9.17) is 5.84 Å². The lowest BCUT2D eigenvalue weighted by atomic mass is 10.1. The fraction of sp³-hybridized carbons (Fsp3) is 0.364. The summed E-state index contributed by atoms with van der Waals surface area (Å²) in [6, 6.07) is 4.47. The molecule has 0 bridgehead atoms. The SMILES string of the molecule is Cc1nc(CC(Cc2cccs2)NN)cs1. The maximum Gasteiger partial charge on any atom is 0.0897 e. The zero-order valence-corrected chi connectivity index (χ0v) is 10.8. The molecule has 0 aliphatic rings. The van der Waals surface area contributed by atoms with Crippen LogP contribution in [0.4, 0.5) is 0 Å². The summed E-state index contributed by atoms with van der Waals surface area (Å²) in [6.45, 7) is 2.03. The number of hydrogen-bond acceptors (Lipinski definition) is 5. The number of nitrogens with one attached hydrogen (secondary N) is 1. The predicted octanol–water partition coefficient (Wildman–Crippen LogP) is 2.13. The van der Waals surface area contributed by atoms with Gasteiger partial charge in [-0.05, 0) is 24.8 Å². The van der Waals surface area contributed by atoms with E-state index >= 15 is 0 Å². The summed E-state index contributed by atoms with van der Waals surface area (Å²) in [7, 11) is 0. The Bertz CT molecular complexity index is 422. The van der Waals surface area contributed by atoms with Crippen molar-refractivity contribution >= 4 is 22.7 Å². The molecule has 0 spiro atoms. The molecule has 16 heavy (non-hydrogen) atoms. The minimum absolute atomic E-state index is 0.264. The first-order valence-electron chi connectivity index (χ1n) is 5.17. The summed E-state index contributed by atoms with van der Waals surface area (Å²) in [5.41, 5.74) is 4.00. The van der Waals surface area contributed by atoms with Crippen LogP contribution < -0.4 is 11.3 Å². The molecular weight excluding hydrogens is 238 g/mol. The maximum atomic E-state index is 5.57. The van der Waals surface area contributed by atoms with E-state index in [9.17, 15) is 0 Å². The van der Waals surface area contributed by atoms with Crippen molar-refractivity contribution in [2.24, 2.45) is 5.84 Å². The molecule has 0 saturated carbocycles. The van der Waals surface area contributed by atoms with E-state index in [0.717, 1.165) is 23.5 Å². The van der Waals surface area contributed by atoms with E-state index in [1.807, 2.05) is 6.92 Å². The van der Waals surface area contributed by atoms with Crippen molar-refractivity contribution in [3.63, 3.8) is 0 Å².